The molecule has 0 amide bonds. The third-order valence-corrected chi connectivity index (χ3v) is 2.61. The van der Waals surface area contributed by atoms with Gasteiger partial charge in [-0.05, 0) is 18.2 Å². The molecule has 0 aliphatic heterocycles. The standard InChI is InChI=1S/C10H8Cl2N2O/c11-6-1-2-8(12)7(5-6)9(15)10-13-3-4-14-10/h1-5,9,15H,(H,13,14). The van der Waals surface area contributed by atoms with Gasteiger partial charge in [-0.1, -0.05) is 23.2 Å². The number of halogens is 2. The van der Waals surface area contributed by atoms with E-state index in [1.165, 1.54) is 0 Å². The molecular weight excluding hydrogens is 235 g/mol. The summed E-state index contributed by atoms with van der Waals surface area (Å²) in [5.74, 6) is 0.444. The lowest BCUT2D eigenvalue weighted by molar-refractivity contribution is 0.211. The van der Waals surface area contributed by atoms with Gasteiger partial charge in [-0.2, -0.15) is 0 Å². The Morgan fingerprint density at radius 2 is 2.13 bits per heavy atom. The molecular formula is C10H8Cl2N2O. The van der Waals surface area contributed by atoms with Gasteiger partial charge in [-0.3, -0.25) is 0 Å². The second-order valence-corrected chi connectivity index (χ2v) is 3.89. The fraction of sp³-hybridized carbons (Fsp3) is 0.100. The molecule has 0 aliphatic carbocycles. The predicted molar refractivity (Wildman–Crippen MR) is 59.1 cm³/mol. The number of rotatable bonds is 2. The van der Waals surface area contributed by atoms with Crippen molar-refractivity contribution in [3.63, 3.8) is 0 Å². The highest BCUT2D eigenvalue weighted by atomic mass is 35.5. The van der Waals surface area contributed by atoms with Gasteiger partial charge in [0.05, 0.1) is 0 Å². The second kappa shape index (κ2) is 4.23. The van der Waals surface area contributed by atoms with E-state index in [1.54, 1.807) is 30.6 Å². The molecule has 2 rings (SSSR count). The van der Waals surface area contributed by atoms with Crippen LogP contribution in [0, 0.1) is 0 Å². The average molecular weight is 243 g/mol. The molecule has 3 nitrogen and oxygen atoms in total. The largest absolute Gasteiger partial charge is 0.380 e. The Labute approximate surface area is 96.7 Å². The van der Waals surface area contributed by atoms with Crippen LogP contribution in [0.3, 0.4) is 0 Å². The summed E-state index contributed by atoms with van der Waals surface area (Å²) in [6, 6.07) is 4.94. The highest BCUT2D eigenvalue weighted by Gasteiger charge is 2.16. The lowest BCUT2D eigenvalue weighted by Gasteiger charge is -2.10. The third kappa shape index (κ3) is 2.15. The van der Waals surface area contributed by atoms with Crippen molar-refractivity contribution in [2.24, 2.45) is 0 Å². The number of aromatic amines is 1. The third-order valence-electron chi connectivity index (χ3n) is 2.03. The lowest BCUT2D eigenvalue weighted by atomic mass is 10.1. The number of nitrogens with zero attached hydrogens (tertiary/aromatic N) is 1. The molecule has 1 heterocycles. The Kier molecular flexibility index (Phi) is 2.95. The molecule has 1 unspecified atom stereocenters. The van der Waals surface area contributed by atoms with Crippen molar-refractivity contribution in [3.8, 4) is 0 Å². The van der Waals surface area contributed by atoms with E-state index in [1.807, 2.05) is 0 Å². The maximum atomic E-state index is 9.95. The van der Waals surface area contributed by atoms with Gasteiger partial charge in [-0.15, -0.1) is 0 Å². The molecule has 15 heavy (non-hydrogen) atoms. The first-order valence-corrected chi connectivity index (χ1v) is 5.06. The van der Waals surface area contributed by atoms with Crippen LogP contribution in [0.2, 0.25) is 10.0 Å². The molecule has 1 atom stereocenters. The number of aromatic nitrogens is 2. The first-order valence-electron chi connectivity index (χ1n) is 4.31. The number of benzene rings is 1. The Balaban J connectivity index is 2.41. The van der Waals surface area contributed by atoms with Crippen LogP contribution in [0.4, 0.5) is 0 Å². The number of aliphatic hydroxyl groups is 1. The van der Waals surface area contributed by atoms with Crippen LogP contribution in [0.25, 0.3) is 0 Å². The van der Waals surface area contributed by atoms with Crippen molar-refractivity contribution in [1.82, 2.24) is 9.97 Å². The van der Waals surface area contributed by atoms with E-state index in [0.717, 1.165) is 0 Å². The van der Waals surface area contributed by atoms with Crippen LogP contribution in [0.15, 0.2) is 30.6 Å². The zero-order chi connectivity index (χ0) is 10.8. The van der Waals surface area contributed by atoms with Crippen LogP contribution >= 0.6 is 23.2 Å². The van der Waals surface area contributed by atoms with Crippen molar-refractivity contribution in [2.75, 3.05) is 0 Å². The summed E-state index contributed by atoms with van der Waals surface area (Å²) in [5, 5.41) is 10.9. The van der Waals surface area contributed by atoms with E-state index in [2.05, 4.69) is 9.97 Å². The zero-order valence-electron chi connectivity index (χ0n) is 7.61. The SMILES string of the molecule is OC(c1ncc[nH]1)c1cc(Cl)ccc1Cl. The summed E-state index contributed by atoms with van der Waals surface area (Å²) in [6.07, 6.45) is 2.32. The molecule has 1 aromatic heterocycles. The van der Waals surface area contributed by atoms with Gasteiger partial charge in [0.15, 0.2) is 0 Å². The Morgan fingerprint density at radius 3 is 2.80 bits per heavy atom. The highest BCUT2D eigenvalue weighted by Crippen LogP contribution is 2.28. The minimum Gasteiger partial charge on any atom is -0.380 e. The van der Waals surface area contributed by atoms with E-state index in [-0.39, 0.29) is 0 Å². The lowest BCUT2D eigenvalue weighted by Crippen LogP contribution is -2.02. The van der Waals surface area contributed by atoms with Gasteiger partial charge < -0.3 is 10.1 Å². The Bertz CT molecular complexity index is 456. The van der Waals surface area contributed by atoms with Crippen LogP contribution in [-0.2, 0) is 0 Å². The summed E-state index contributed by atoms with van der Waals surface area (Å²) in [7, 11) is 0. The summed E-state index contributed by atoms with van der Waals surface area (Å²) >= 11 is 11.8. The van der Waals surface area contributed by atoms with Gasteiger partial charge in [-0.25, -0.2) is 4.98 Å². The number of aliphatic hydroxyl groups excluding tert-OH is 1. The van der Waals surface area contributed by atoms with Crippen LogP contribution < -0.4 is 0 Å². The Morgan fingerprint density at radius 1 is 1.33 bits per heavy atom. The number of imidazole rings is 1. The van der Waals surface area contributed by atoms with E-state index in [9.17, 15) is 5.11 Å². The molecule has 2 N–H and O–H groups in total. The van der Waals surface area contributed by atoms with Crippen molar-refractivity contribution in [2.45, 2.75) is 6.10 Å². The smallest absolute Gasteiger partial charge is 0.139 e. The van der Waals surface area contributed by atoms with Gasteiger partial charge in [0, 0.05) is 28.0 Å². The second-order valence-electron chi connectivity index (χ2n) is 3.04. The van der Waals surface area contributed by atoms with E-state index in [4.69, 9.17) is 23.2 Å². The molecule has 0 saturated heterocycles. The van der Waals surface area contributed by atoms with Crippen molar-refractivity contribution in [1.29, 1.82) is 0 Å². The molecule has 0 aliphatic rings. The Hall–Kier alpha value is -1.03. The minimum atomic E-state index is -0.883. The molecule has 0 bridgehead atoms. The molecule has 2 aromatic rings. The van der Waals surface area contributed by atoms with Crippen LogP contribution in [0.1, 0.15) is 17.5 Å². The summed E-state index contributed by atoms with van der Waals surface area (Å²) in [4.78, 5) is 6.78. The highest BCUT2D eigenvalue weighted by molar-refractivity contribution is 6.33. The van der Waals surface area contributed by atoms with E-state index in [0.29, 0.717) is 21.4 Å². The maximum Gasteiger partial charge on any atom is 0.139 e. The monoisotopic (exact) mass is 242 g/mol. The van der Waals surface area contributed by atoms with E-state index < -0.39 is 6.10 Å². The first-order chi connectivity index (χ1) is 7.18. The van der Waals surface area contributed by atoms with Crippen LogP contribution in [-0.4, -0.2) is 15.1 Å². The number of hydrogen-bond donors (Lipinski definition) is 2. The topological polar surface area (TPSA) is 48.9 Å². The molecule has 0 radical (unpaired) electrons. The number of H-pyrrole nitrogens is 1. The average Bonchev–Trinajstić information content (AvgIpc) is 2.74. The van der Waals surface area contributed by atoms with Gasteiger partial charge in [0.2, 0.25) is 0 Å². The van der Waals surface area contributed by atoms with Crippen LogP contribution in [0.5, 0.6) is 0 Å². The molecule has 0 fully saturated rings. The van der Waals surface area contributed by atoms with Gasteiger partial charge in [0.25, 0.3) is 0 Å². The molecule has 78 valence electrons. The number of nitrogens with one attached hydrogen (secondary N) is 1. The quantitative estimate of drug-likeness (QED) is 0.851. The van der Waals surface area contributed by atoms with Crippen molar-refractivity contribution in [3.05, 3.63) is 52.0 Å². The molecule has 0 spiro atoms. The first kappa shape index (κ1) is 10.5. The zero-order valence-corrected chi connectivity index (χ0v) is 9.13. The van der Waals surface area contributed by atoms with Crippen molar-refractivity contribution >= 4 is 23.2 Å². The predicted octanol–water partition coefficient (Wildman–Crippen LogP) is 2.80. The summed E-state index contributed by atoms with van der Waals surface area (Å²) < 4.78 is 0. The van der Waals surface area contributed by atoms with Gasteiger partial charge in [0.1, 0.15) is 11.9 Å². The summed E-state index contributed by atoms with van der Waals surface area (Å²) in [5.41, 5.74) is 0.541. The fourth-order valence-corrected chi connectivity index (χ4v) is 1.70. The maximum absolute atomic E-state index is 9.95. The minimum absolute atomic E-state index is 0.444. The van der Waals surface area contributed by atoms with Crippen molar-refractivity contribution < 1.29 is 5.11 Å². The number of hydrogen-bond acceptors (Lipinski definition) is 2. The van der Waals surface area contributed by atoms with Gasteiger partial charge >= 0.3 is 0 Å². The normalized spacial score (nSPS) is 12.7. The molecule has 1 aromatic carbocycles. The summed E-state index contributed by atoms with van der Waals surface area (Å²) in [6.45, 7) is 0. The fourth-order valence-electron chi connectivity index (χ4n) is 1.30. The van der Waals surface area contributed by atoms with E-state index >= 15 is 0 Å². The molecule has 0 saturated carbocycles. The molecule has 5 heteroatoms.